The summed E-state index contributed by atoms with van der Waals surface area (Å²) < 4.78 is 2.19. The van der Waals surface area contributed by atoms with Crippen molar-refractivity contribution in [3.8, 4) is 0 Å². The number of aromatic nitrogens is 2. The molecule has 0 amide bonds. The molecule has 0 fully saturated rings. The third-order valence-corrected chi connectivity index (χ3v) is 4.51. The highest BCUT2D eigenvalue weighted by atomic mass is 35.5. The molecule has 1 heterocycles. The van der Waals surface area contributed by atoms with Crippen molar-refractivity contribution in [3.63, 3.8) is 0 Å². The maximum absolute atomic E-state index is 6.01. The van der Waals surface area contributed by atoms with E-state index in [1.165, 1.54) is 11.1 Å². The molecule has 4 rings (SSSR count). The van der Waals surface area contributed by atoms with Crippen LogP contribution >= 0.6 is 11.6 Å². The van der Waals surface area contributed by atoms with Crippen LogP contribution in [0.3, 0.4) is 0 Å². The largest absolute Gasteiger partial charge is 0.319 e. The fraction of sp³-hybridized carbons (Fsp3) is 0.0909. The van der Waals surface area contributed by atoms with Crippen molar-refractivity contribution >= 4 is 28.8 Å². The summed E-state index contributed by atoms with van der Waals surface area (Å²) in [5, 5.41) is 0.744. The molecule has 0 aliphatic rings. The van der Waals surface area contributed by atoms with Gasteiger partial charge in [-0.05, 0) is 35.4 Å². The number of aliphatic imine (C=N–C) groups is 1. The molecule has 0 N–H and O–H groups in total. The summed E-state index contributed by atoms with van der Waals surface area (Å²) in [4.78, 5) is 9.34. The molecular formula is C22H18ClN3. The number of benzene rings is 3. The van der Waals surface area contributed by atoms with Crippen molar-refractivity contribution in [2.75, 3.05) is 0 Å². The first kappa shape index (κ1) is 16.6. The van der Waals surface area contributed by atoms with Crippen LogP contribution < -0.4 is 0 Å². The SMILES string of the molecule is Clc1ccc(Cn2c(C=NCc3ccccc3)nc3ccccc32)cc1. The molecule has 0 radical (unpaired) electrons. The molecule has 0 atom stereocenters. The van der Waals surface area contributed by atoms with Crippen LogP contribution in [0.4, 0.5) is 0 Å². The third-order valence-electron chi connectivity index (χ3n) is 4.26. The number of hydrogen-bond acceptors (Lipinski definition) is 2. The Balaban J connectivity index is 1.66. The number of rotatable bonds is 5. The van der Waals surface area contributed by atoms with Crippen LogP contribution in [0.2, 0.25) is 5.02 Å². The molecule has 1 aromatic heterocycles. The normalized spacial score (nSPS) is 11.4. The zero-order valence-corrected chi connectivity index (χ0v) is 15.0. The molecule has 0 unspecified atom stereocenters. The summed E-state index contributed by atoms with van der Waals surface area (Å²) in [5.74, 6) is 0.858. The standard InChI is InChI=1S/C22H18ClN3/c23-19-12-10-18(11-13-19)16-26-21-9-5-4-8-20(21)25-22(26)15-24-14-17-6-2-1-3-7-17/h1-13,15H,14,16H2. The summed E-state index contributed by atoms with van der Waals surface area (Å²) in [7, 11) is 0. The van der Waals surface area contributed by atoms with Gasteiger partial charge in [-0.3, -0.25) is 4.99 Å². The zero-order chi connectivity index (χ0) is 17.8. The van der Waals surface area contributed by atoms with Gasteiger partial charge in [0, 0.05) is 11.6 Å². The Morgan fingerprint density at radius 1 is 0.846 bits per heavy atom. The zero-order valence-electron chi connectivity index (χ0n) is 14.2. The van der Waals surface area contributed by atoms with E-state index >= 15 is 0 Å². The molecule has 0 bridgehead atoms. The molecule has 0 aliphatic heterocycles. The lowest BCUT2D eigenvalue weighted by Crippen LogP contribution is -2.05. The van der Waals surface area contributed by atoms with Crippen LogP contribution in [0.1, 0.15) is 17.0 Å². The minimum absolute atomic E-state index is 0.644. The molecule has 4 aromatic rings. The van der Waals surface area contributed by atoms with Gasteiger partial charge >= 0.3 is 0 Å². The van der Waals surface area contributed by atoms with E-state index in [0.29, 0.717) is 6.54 Å². The predicted molar refractivity (Wildman–Crippen MR) is 108 cm³/mol. The molecule has 26 heavy (non-hydrogen) atoms. The number of halogens is 1. The number of fused-ring (bicyclic) bond motifs is 1. The Labute approximate surface area is 157 Å². The van der Waals surface area contributed by atoms with Gasteiger partial charge in [-0.1, -0.05) is 66.2 Å². The van der Waals surface area contributed by atoms with Crippen LogP contribution in [-0.4, -0.2) is 15.8 Å². The second kappa shape index (κ2) is 7.54. The summed E-state index contributed by atoms with van der Waals surface area (Å²) in [6.45, 7) is 1.37. The lowest BCUT2D eigenvalue weighted by molar-refractivity contribution is 0.815. The number of imidazole rings is 1. The van der Waals surface area contributed by atoms with Crippen LogP contribution in [0.15, 0.2) is 83.9 Å². The molecule has 128 valence electrons. The van der Waals surface area contributed by atoms with E-state index in [-0.39, 0.29) is 0 Å². The van der Waals surface area contributed by atoms with Gasteiger partial charge in [-0.15, -0.1) is 0 Å². The van der Waals surface area contributed by atoms with Gasteiger partial charge in [-0.25, -0.2) is 4.98 Å². The number of hydrogen-bond donors (Lipinski definition) is 0. The van der Waals surface area contributed by atoms with Crippen LogP contribution in [0.5, 0.6) is 0 Å². The van der Waals surface area contributed by atoms with Crippen LogP contribution in [0, 0.1) is 0 Å². The van der Waals surface area contributed by atoms with Crippen molar-refractivity contribution in [2.24, 2.45) is 4.99 Å². The summed E-state index contributed by atoms with van der Waals surface area (Å²) in [6, 6.07) is 26.3. The van der Waals surface area contributed by atoms with E-state index in [4.69, 9.17) is 16.6 Å². The van der Waals surface area contributed by atoms with Gasteiger partial charge in [0.2, 0.25) is 0 Å². The van der Waals surface area contributed by atoms with E-state index in [9.17, 15) is 0 Å². The first-order chi connectivity index (χ1) is 12.8. The monoisotopic (exact) mass is 359 g/mol. The molecule has 3 aromatic carbocycles. The lowest BCUT2D eigenvalue weighted by Gasteiger charge is -2.07. The third kappa shape index (κ3) is 3.68. The van der Waals surface area contributed by atoms with Gasteiger partial charge in [0.05, 0.1) is 23.8 Å². The van der Waals surface area contributed by atoms with Crippen molar-refractivity contribution in [2.45, 2.75) is 13.1 Å². The second-order valence-corrected chi connectivity index (χ2v) is 6.56. The van der Waals surface area contributed by atoms with Crippen molar-refractivity contribution in [3.05, 3.63) is 101 Å². The Kier molecular flexibility index (Phi) is 4.80. The number of para-hydroxylation sites is 2. The summed E-state index contributed by atoms with van der Waals surface area (Å²) in [6.07, 6.45) is 1.86. The van der Waals surface area contributed by atoms with E-state index < -0.39 is 0 Å². The van der Waals surface area contributed by atoms with E-state index in [1.807, 2.05) is 66.9 Å². The molecular weight excluding hydrogens is 342 g/mol. The van der Waals surface area contributed by atoms with Gasteiger partial charge in [0.15, 0.2) is 5.82 Å². The molecule has 0 aliphatic carbocycles. The van der Waals surface area contributed by atoms with E-state index in [0.717, 1.165) is 28.4 Å². The number of nitrogens with zero attached hydrogens (tertiary/aromatic N) is 3. The van der Waals surface area contributed by atoms with Crippen molar-refractivity contribution in [1.82, 2.24) is 9.55 Å². The fourth-order valence-corrected chi connectivity index (χ4v) is 3.07. The highest BCUT2D eigenvalue weighted by molar-refractivity contribution is 6.30. The van der Waals surface area contributed by atoms with Gasteiger partial charge < -0.3 is 4.57 Å². The van der Waals surface area contributed by atoms with Gasteiger partial charge in [0.1, 0.15) is 0 Å². The van der Waals surface area contributed by atoms with Crippen LogP contribution in [0.25, 0.3) is 11.0 Å². The van der Waals surface area contributed by atoms with Crippen molar-refractivity contribution in [1.29, 1.82) is 0 Å². The topological polar surface area (TPSA) is 30.2 Å². The average molecular weight is 360 g/mol. The maximum atomic E-state index is 6.01. The maximum Gasteiger partial charge on any atom is 0.152 e. The van der Waals surface area contributed by atoms with Gasteiger partial charge in [0.25, 0.3) is 0 Å². The highest BCUT2D eigenvalue weighted by Gasteiger charge is 2.09. The minimum Gasteiger partial charge on any atom is -0.319 e. The predicted octanol–water partition coefficient (Wildman–Crippen LogP) is 5.36. The molecule has 0 saturated carbocycles. The molecule has 3 nitrogen and oxygen atoms in total. The van der Waals surface area contributed by atoms with Crippen LogP contribution in [-0.2, 0) is 13.1 Å². The van der Waals surface area contributed by atoms with E-state index in [1.54, 1.807) is 0 Å². The first-order valence-electron chi connectivity index (χ1n) is 8.53. The second-order valence-electron chi connectivity index (χ2n) is 6.13. The fourth-order valence-electron chi connectivity index (χ4n) is 2.95. The van der Waals surface area contributed by atoms with Gasteiger partial charge in [-0.2, -0.15) is 0 Å². The quantitative estimate of drug-likeness (QED) is 0.441. The molecule has 0 saturated heterocycles. The Hall–Kier alpha value is -2.91. The summed E-state index contributed by atoms with van der Waals surface area (Å²) in [5.41, 5.74) is 4.44. The van der Waals surface area contributed by atoms with E-state index in [2.05, 4.69) is 27.8 Å². The first-order valence-corrected chi connectivity index (χ1v) is 8.91. The summed E-state index contributed by atoms with van der Waals surface area (Å²) >= 11 is 6.01. The minimum atomic E-state index is 0.644. The molecule has 4 heteroatoms. The Bertz CT molecular complexity index is 1030. The highest BCUT2D eigenvalue weighted by Crippen LogP contribution is 2.18. The van der Waals surface area contributed by atoms with Crippen molar-refractivity contribution < 1.29 is 0 Å². The Morgan fingerprint density at radius 2 is 1.58 bits per heavy atom. The average Bonchev–Trinajstić information content (AvgIpc) is 3.02. The smallest absolute Gasteiger partial charge is 0.152 e. The Morgan fingerprint density at radius 3 is 2.38 bits per heavy atom. The lowest BCUT2D eigenvalue weighted by atomic mass is 10.2. The molecule has 0 spiro atoms.